The van der Waals surface area contributed by atoms with Crippen molar-refractivity contribution < 1.29 is 4.39 Å². The first kappa shape index (κ1) is 12.9. The molecule has 2 rings (SSSR count). The molecule has 1 aromatic carbocycles. The summed E-state index contributed by atoms with van der Waals surface area (Å²) < 4.78 is 12.8. The Morgan fingerprint density at radius 2 is 1.94 bits per heavy atom. The summed E-state index contributed by atoms with van der Waals surface area (Å²) in [6.45, 7) is 2.26. The lowest BCUT2D eigenvalue weighted by atomic mass is 9.77. The van der Waals surface area contributed by atoms with Gasteiger partial charge >= 0.3 is 0 Å². The van der Waals surface area contributed by atoms with E-state index in [1.807, 2.05) is 12.1 Å². The standard InChI is InChI=1S/C15H20ClF/c1-2-11-5-8-15(16)13(9-11)10-12-3-6-14(17)7-4-12/h3-4,6-7,11,13,15H,2,5,8-10H2,1H3. The van der Waals surface area contributed by atoms with Gasteiger partial charge in [-0.15, -0.1) is 11.6 Å². The predicted octanol–water partition coefficient (Wildman–Crippen LogP) is 4.80. The van der Waals surface area contributed by atoms with E-state index in [2.05, 4.69) is 6.92 Å². The van der Waals surface area contributed by atoms with E-state index in [1.165, 1.54) is 24.8 Å². The van der Waals surface area contributed by atoms with Crippen LogP contribution in [0.15, 0.2) is 24.3 Å². The fourth-order valence-electron chi connectivity index (χ4n) is 2.83. The SMILES string of the molecule is CCC1CCC(Cl)C(Cc2ccc(F)cc2)C1. The molecule has 1 aliphatic carbocycles. The molecule has 94 valence electrons. The normalized spacial score (nSPS) is 29.2. The van der Waals surface area contributed by atoms with E-state index in [9.17, 15) is 4.39 Å². The molecule has 0 saturated heterocycles. The van der Waals surface area contributed by atoms with Crippen molar-refractivity contribution in [3.63, 3.8) is 0 Å². The van der Waals surface area contributed by atoms with E-state index < -0.39 is 0 Å². The van der Waals surface area contributed by atoms with E-state index in [1.54, 1.807) is 12.1 Å². The molecule has 0 aliphatic heterocycles. The average Bonchev–Trinajstić information content (AvgIpc) is 2.35. The summed E-state index contributed by atoms with van der Waals surface area (Å²) in [5.74, 6) is 1.22. The number of alkyl halides is 1. The molecule has 0 aromatic heterocycles. The fourth-order valence-corrected chi connectivity index (χ4v) is 3.15. The molecular formula is C15H20ClF. The monoisotopic (exact) mass is 254 g/mol. The van der Waals surface area contributed by atoms with Crippen molar-refractivity contribution in [1.29, 1.82) is 0 Å². The van der Waals surface area contributed by atoms with E-state index in [0.717, 1.165) is 18.8 Å². The molecule has 2 heteroatoms. The van der Waals surface area contributed by atoms with Crippen molar-refractivity contribution in [3.05, 3.63) is 35.6 Å². The van der Waals surface area contributed by atoms with Gasteiger partial charge in [-0.05, 0) is 55.2 Å². The Bertz CT molecular complexity index is 346. The maximum atomic E-state index is 12.8. The highest BCUT2D eigenvalue weighted by molar-refractivity contribution is 6.20. The molecule has 1 aliphatic rings. The Kier molecular flexibility index (Phi) is 4.44. The molecule has 0 nitrogen and oxygen atoms in total. The largest absolute Gasteiger partial charge is 0.207 e. The molecule has 1 aromatic rings. The third-order valence-electron chi connectivity index (χ3n) is 3.99. The third kappa shape index (κ3) is 3.45. The molecule has 0 radical (unpaired) electrons. The Labute approximate surface area is 108 Å². The van der Waals surface area contributed by atoms with Crippen LogP contribution >= 0.6 is 11.6 Å². The molecule has 0 spiro atoms. The van der Waals surface area contributed by atoms with Crippen LogP contribution < -0.4 is 0 Å². The zero-order valence-electron chi connectivity index (χ0n) is 10.3. The molecule has 1 fully saturated rings. The Balaban J connectivity index is 1.98. The zero-order chi connectivity index (χ0) is 12.3. The molecule has 1 saturated carbocycles. The van der Waals surface area contributed by atoms with Crippen LogP contribution in [0.3, 0.4) is 0 Å². The third-order valence-corrected chi connectivity index (χ3v) is 4.56. The second kappa shape index (κ2) is 5.86. The van der Waals surface area contributed by atoms with E-state index >= 15 is 0 Å². The topological polar surface area (TPSA) is 0 Å². The van der Waals surface area contributed by atoms with Crippen molar-refractivity contribution >= 4 is 11.6 Å². The van der Waals surface area contributed by atoms with Crippen LogP contribution in [0.4, 0.5) is 4.39 Å². The van der Waals surface area contributed by atoms with Gasteiger partial charge in [0.2, 0.25) is 0 Å². The van der Waals surface area contributed by atoms with Crippen LogP contribution in [0.1, 0.15) is 38.2 Å². The predicted molar refractivity (Wildman–Crippen MR) is 70.9 cm³/mol. The van der Waals surface area contributed by atoms with Gasteiger partial charge in [-0.3, -0.25) is 0 Å². The van der Waals surface area contributed by atoms with Gasteiger partial charge in [0, 0.05) is 5.38 Å². The first-order valence-corrected chi connectivity index (χ1v) is 7.01. The van der Waals surface area contributed by atoms with E-state index in [-0.39, 0.29) is 5.82 Å². The first-order chi connectivity index (χ1) is 8.19. The lowest BCUT2D eigenvalue weighted by Gasteiger charge is -2.32. The maximum absolute atomic E-state index is 12.8. The second-order valence-corrected chi connectivity index (χ2v) is 5.75. The lowest BCUT2D eigenvalue weighted by Crippen LogP contribution is -2.26. The molecule has 17 heavy (non-hydrogen) atoms. The smallest absolute Gasteiger partial charge is 0.123 e. The van der Waals surface area contributed by atoms with Crippen molar-refractivity contribution in [1.82, 2.24) is 0 Å². The van der Waals surface area contributed by atoms with Crippen LogP contribution in [-0.4, -0.2) is 5.38 Å². The average molecular weight is 255 g/mol. The summed E-state index contributed by atoms with van der Waals surface area (Å²) in [6, 6.07) is 6.85. The number of hydrogen-bond donors (Lipinski definition) is 0. The lowest BCUT2D eigenvalue weighted by molar-refractivity contribution is 0.265. The van der Waals surface area contributed by atoms with Gasteiger partial charge in [0.1, 0.15) is 5.82 Å². The molecule has 0 heterocycles. The van der Waals surface area contributed by atoms with E-state index in [4.69, 9.17) is 11.6 Å². The highest BCUT2D eigenvalue weighted by atomic mass is 35.5. The van der Waals surface area contributed by atoms with Gasteiger partial charge in [0.25, 0.3) is 0 Å². The molecule has 3 unspecified atom stereocenters. The van der Waals surface area contributed by atoms with Gasteiger partial charge in [0.05, 0.1) is 0 Å². The molecule has 0 N–H and O–H groups in total. The minimum Gasteiger partial charge on any atom is -0.207 e. The Hall–Kier alpha value is -0.560. The highest BCUT2D eigenvalue weighted by Crippen LogP contribution is 2.36. The molecule has 3 atom stereocenters. The van der Waals surface area contributed by atoms with Crippen LogP contribution in [0.5, 0.6) is 0 Å². The van der Waals surface area contributed by atoms with Crippen molar-refractivity contribution in [2.75, 3.05) is 0 Å². The minimum absolute atomic E-state index is 0.161. The highest BCUT2D eigenvalue weighted by Gasteiger charge is 2.28. The van der Waals surface area contributed by atoms with Crippen molar-refractivity contribution in [2.45, 2.75) is 44.4 Å². The summed E-state index contributed by atoms with van der Waals surface area (Å²) >= 11 is 6.41. The summed E-state index contributed by atoms with van der Waals surface area (Å²) in [5.41, 5.74) is 1.21. The van der Waals surface area contributed by atoms with Gasteiger partial charge in [-0.1, -0.05) is 25.5 Å². The van der Waals surface area contributed by atoms with Gasteiger partial charge in [-0.2, -0.15) is 0 Å². The minimum atomic E-state index is -0.161. The van der Waals surface area contributed by atoms with Crippen LogP contribution in [0.25, 0.3) is 0 Å². The Morgan fingerprint density at radius 3 is 2.59 bits per heavy atom. The van der Waals surface area contributed by atoms with Crippen molar-refractivity contribution in [3.8, 4) is 0 Å². The van der Waals surface area contributed by atoms with Gasteiger partial charge in [0.15, 0.2) is 0 Å². The summed E-state index contributed by atoms with van der Waals surface area (Å²) in [7, 11) is 0. The number of benzene rings is 1. The first-order valence-electron chi connectivity index (χ1n) is 6.57. The van der Waals surface area contributed by atoms with Crippen LogP contribution in [0.2, 0.25) is 0 Å². The zero-order valence-corrected chi connectivity index (χ0v) is 11.1. The summed E-state index contributed by atoms with van der Waals surface area (Å²) in [6.07, 6.45) is 5.87. The Morgan fingerprint density at radius 1 is 1.24 bits per heavy atom. The van der Waals surface area contributed by atoms with Crippen LogP contribution in [-0.2, 0) is 6.42 Å². The number of rotatable bonds is 3. The quantitative estimate of drug-likeness (QED) is 0.680. The second-order valence-electron chi connectivity index (χ2n) is 5.19. The van der Waals surface area contributed by atoms with Crippen LogP contribution in [0, 0.1) is 17.7 Å². The van der Waals surface area contributed by atoms with Crippen molar-refractivity contribution in [2.24, 2.45) is 11.8 Å². The van der Waals surface area contributed by atoms with Gasteiger partial charge in [-0.25, -0.2) is 4.39 Å². The maximum Gasteiger partial charge on any atom is 0.123 e. The molecule has 0 bridgehead atoms. The van der Waals surface area contributed by atoms with Gasteiger partial charge < -0.3 is 0 Å². The molecule has 0 amide bonds. The fraction of sp³-hybridized carbons (Fsp3) is 0.600. The number of halogens is 2. The summed E-state index contributed by atoms with van der Waals surface area (Å²) in [4.78, 5) is 0. The number of hydrogen-bond acceptors (Lipinski definition) is 0. The molecular weight excluding hydrogens is 235 g/mol. The van der Waals surface area contributed by atoms with E-state index in [0.29, 0.717) is 11.3 Å². The summed E-state index contributed by atoms with van der Waals surface area (Å²) in [5, 5.41) is 0.294.